The first-order valence-electron chi connectivity index (χ1n) is 20.8. The molecule has 8 rings (SSSR count). The van der Waals surface area contributed by atoms with Crippen molar-refractivity contribution < 1.29 is 32.2 Å². The van der Waals surface area contributed by atoms with Crippen molar-refractivity contribution in [2.75, 3.05) is 36.9 Å². The zero-order valence-corrected chi connectivity index (χ0v) is 34.9. The number of rotatable bonds is 8. The van der Waals surface area contributed by atoms with Gasteiger partial charge in [-0.1, -0.05) is 33.6 Å². The number of nitrogen functional groups attached to an aromatic ring is 1. The summed E-state index contributed by atoms with van der Waals surface area (Å²) in [5.41, 5.74) is 6.42. The first kappa shape index (κ1) is 44.6. The molecular formula is C44H52F3N9O5. The van der Waals surface area contributed by atoms with E-state index in [0.717, 1.165) is 51.3 Å². The van der Waals surface area contributed by atoms with Crippen LogP contribution in [0, 0.1) is 23.0 Å². The molecule has 4 heterocycles. The minimum atomic E-state index is -0.747. The first-order chi connectivity index (χ1) is 29.4. The Hall–Kier alpha value is -5.99. The van der Waals surface area contributed by atoms with Crippen molar-refractivity contribution in [2.24, 2.45) is 7.05 Å². The second-order valence-electron chi connectivity index (χ2n) is 15.3. The lowest BCUT2D eigenvalue weighted by atomic mass is 9.84. The Morgan fingerprint density at radius 2 is 1.87 bits per heavy atom. The Balaban J connectivity index is 0.000000238. The number of aryl methyl sites for hydroxylation is 1. The zero-order valence-electron chi connectivity index (χ0n) is 34.9. The number of nitrogens with two attached hydrogens (primary N) is 1. The van der Waals surface area contributed by atoms with Gasteiger partial charge in [0.15, 0.2) is 17.4 Å². The number of hydrogen-bond acceptors (Lipinski definition) is 10. The zero-order chi connectivity index (χ0) is 43.8. The van der Waals surface area contributed by atoms with Crippen molar-refractivity contribution in [3.05, 3.63) is 82.4 Å². The van der Waals surface area contributed by atoms with E-state index >= 15 is 0 Å². The number of carbonyl (C=O) groups is 2. The van der Waals surface area contributed by atoms with E-state index in [4.69, 9.17) is 15.2 Å². The fraction of sp³-hybridized carbons (Fsp3) is 0.455. The summed E-state index contributed by atoms with van der Waals surface area (Å²) in [6.45, 7) is 8.27. The van der Waals surface area contributed by atoms with Gasteiger partial charge in [0.25, 0.3) is 5.56 Å². The van der Waals surface area contributed by atoms with Crippen LogP contribution < -0.4 is 26.2 Å². The van der Waals surface area contributed by atoms with Crippen LogP contribution in [-0.4, -0.2) is 80.7 Å². The number of amides is 3. The lowest BCUT2D eigenvalue weighted by molar-refractivity contribution is -0.108. The second-order valence-corrected chi connectivity index (χ2v) is 15.3. The number of nitrogens with zero attached hydrogens (tertiary/aromatic N) is 7. The molecule has 5 aromatic rings. The molecule has 2 aliphatic heterocycles. The van der Waals surface area contributed by atoms with Gasteiger partial charge < -0.3 is 15.2 Å². The molecule has 3 aliphatic rings. The molecule has 3 fully saturated rings. The lowest BCUT2D eigenvalue weighted by Gasteiger charge is -2.44. The van der Waals surface area contributed by atoms with Crippen molar-refractivity contribution in [1.29, 1.82) is 5.26 Å². The molecule has 324 valence electrons. The van der Waals surface area contributed by atoms with Gasteiger partial charge in [-0.05, 0) is 87.1 Å². The molecule has 17 heteroatoms. The molecule has 1 spiro atoms. The predicted octanol–water partition coefficient (Wildman–Crippen LogP) is 7.68. The van der Waals surface area contributed by atoms with Gasteiger partial charge in [-0.3, -0.25) is 34.0 Å². The number of carbonyl (C=O) groups excluding carboxylic acids is 2. The van der Waals surface area contributed by atoms with E-state index in [1.165, 1.54) is 29.2 Å². The number of alkyl halides is 1. The smallest absolute Gasteiger partial charge is 0.329 e. The molecule has 61 heavy (non-hydrogen) atoms. The number of halogens is 3. The third kappa shape index (κ3) is 9.50. The molecule has 1 saturated carbocycles. The number of fused-ring (bicyclic) bond motifs is 2. The third-order valence-corrected chi connectivity index (χ3v) is 11.6. The number of imide groups is 1. The minimum Gasteiger partial charge on any atom is -0.453 e. The number of likely N-dealkylation sites (tertiary alicyclic amines) is 1. The number of anilines is 2. The minimum absolute atomic E-state index is 0.0158. The van der Waals surface area contributed by atoms with Crippen LogP contribution in [0.15, 0.2) is 59.7 Å². The van der Waals surface area contributed by atoms with Gasteiger partial charge in [0.05, 0.1) is 46.7 Å². The topological polar surface area (TPSA) is 174 Å². The summed E-state index contributed by atoms with van der Waals surface area (Å²) >= 11 is 0. The highest BCUT2D eigenvalue weighted by Gasteiger charge is 2.45. The molecule has 3 atom stereocenters. The largest absolute Gasteiger partial charge is 0.453 e. The molecule has 0 bridgehead atoms. The summed E-state index contributed by atoms with van der Waals surface area (Å²) in [6, 6.07) is 12.5. The molecule has 1 aliphatic carbocycles. The maximum Gasteiger partial charge on any atom is 0.329 e. The standard InChI is InChI=1S/C29H31F2N5O3.C13H15FN4O2.C2H6/c30-22-3-1-2-4-26(22)35-11-9-29(10-12-35)14-18(16-38-29)36-17-34-25-8-5-19(13-20(25)28(36)37)39-27-21(15-32)24(33)7-6-23(27)31;1-3-6-18(13(20)15-8-19)12-10-7-9(14)4-5-11(10)17(2)16-12;1-2/h5-8,13,17-18,22,26H,1-4,9-12,14,16,33H2;4-5,7-8H,3,6H2,1-2H3,(H,15,19,20);1-2H3. The van der Waals surface area contributed by atoms with Gasteiger partial charge in [0.2, 0.25) is 6.41 Å². The highest BCUT2D eigenvalue weighted by Crippen LogP contribution is 2.42. The highest BCUT2D eigenvalue weighted by atomic mass is 19.1. The number of nitrogens with one attached hydrogen (secondary N) is 1. The number of hydrogen-bond donors (Lipinski definition) is 2. The van der Waals surface area contributed by atoms with Gasteiger partial charge >= 0.3 is 6.03 Å². The van der Waals surface area contributed by atoms with Crippen LogP contribution in [0.4, 0.5) is 29.5 Å². The fourth-order valence-corrected chi connectivity index (χ4v) is 8.51. The van der Waals surface area contributed by atoms with E-state index in [1.807, 2.05) is 26.8 Å². The van der Waals surface area contributed by atoms with Crippen LogP contribution in [0.3, 0.4) is 0 Å². The summed E-state index contributed by atoms with van der Waals surface area (Å²) in [7, 11) is 1.71. The van der Waals surface area contributed by atoms with Crippen molar-refractivity contribution >= 4 is 45.8 Å². The van der Waals surface area contributed by atoms with E-state index in [-0.39, 0.29) is 46.0 Å². The molecule has 2 aromatic heterocycles. The van der Waals surface area contributed by atoms with Gasteiger partial charge in [0.1, 0.15) is 29.4 Å². The third-order valence-electron chi connectivity index (χ3n) is 11.6. The molecule has 0 radical (unpaired) electrons. The lowest BCUT2D eigenvalue weighted by Crippen LogP contribution is -2.51. The van der Waals surface area contributed by atoms with Crippen LogP contribution in [-0.2, 0) is 16.6 Å². The Morgan fingerprint density at radius 3 is 2.57 bits per heavy atom. The quantitative estimate of drug-likeness (QED) is 0.117. The number of piperidine rings is 1. The van der Waals surface area contributed by atoms with Crippen LogP contribution in [0.1, 0.15) is 83.7 Å². The summed E-state index contributed by atoms with van der Waals surface area (Å²) in [6.07, 6.45) is 7.75. The van der Waals surface area contributed by atoms with E-state index in [2.05, 4.69) is 20.3 Å². The van der Waals surface area contributed by atoms with Gasteiger partial charge in [-0.25, -0.2) is 22.9 Å². The van der Waals surface area contributed by atoms with Crippen LogP contribution >= 0.6 is 0 Å². The molecule has 3 amide bonds. The van der Waals surface area contributed by atoms with E-state index in [1.54, 1.807) is 40.8 Å². The van der Waals surface area contributed by atoms with E-state index in [9.17, 15) is 32.8 Å². The Morgan fingerprint density at radius 1 is 1.11 bits per heavy atom. The van der Waals surface area contributed by atoms with Crippen molar-refractivity contribution in [2.45, 2.75) is 96.0 Å². The average Bonchev–Trinajstić information content (AvgIpc) is 3.82. The number of nitriles is 1. The summed E-state index contributed by atoms with van der Waals surface area (Å²) in [5, 5.41) is 16.6. The Labute approximate surface area is 352 Å². The molecule has 3 N–H and O–H groups in total. The Bertz CT molecular complexity index is 2460. The molecule has 2 saturated heterocycles. The Kier molecular flexibility index (Phi) is 14.3. The van der Waals surface area contributed by atoms with E-state index < -0.39 is 23.8 Å². The highest BCUT2D eigenvalue weighted by molar-refractivity contribution is 6.03. The maximum absolute atomic E-state index is 14.5. The monoisotopic (exact) mass is 843 g/mol. The molecule has 3 unspecified atom stereocenters. The second kappa shape index (κ2) is 19.6. The van der Waals surface area contributed by atoms with Crippen LogP contribution in [0.5, 0.6) is 11.5 Å². The number of ether oxygens (including phenoxy) is 2. The average molecular weight is 844 g/mol. The van der Waals surface area contributed by atoms with Crippen LogP contribution in [0.25, 0.3) is 21.8 Å². The van der Waals surface area contributed by atoms with Crippen molar-refractivity contribution in [3.8, 4) is 17.6 Å². The van der Waals surface area contributed by atoms with Crippen molar-refractivity contribution in [1.82, 2.24) is 29.5 Å². The van der Waals surface area contributed by atoms with Gasteiger partial charge in [-0.15, -0.1) is 0 Å². The number of aromatic nitrogens is 4. The van der Waals surface area contributed by atoms with Gasteiger partial charge in [-0.2, -0.15) is 10.4 Å². The maximum atomic E-state index is 14.5. The summed E-state index contributed by atoms with van der Waals surface area (Å²) in [4.78, 5) is 44.0. The predicted molar refractivity (Wildman–Crippen MR) is 226 cm³/mol. The van der Waals surface area contributed by atoms with Crippen LogP contribution in [0.2, 0.25) is 0 Å². The summed E-state index contributed by atoms with van der Waals surface area (Å²) < 4.78 is 57.5. The SMILES string of the molecule is CC.CCCN(C(=O)NC=O)c1nn(C)c2ccc(F)cc12.N#Cc1c(N)ccc(F)c1Oc1ccc2ncn(C3COC4(CCN(C5CCCCC5F)CC4)C3)c(=O)c2c1. The molecular weight excluding hydrogens is 792 g/mol. The summed E-state index contributed by atoms with van der Waals surface area (Å²) in [5.74, 6) is -0.886. The fourth-order valence-electron chi connectivity index (χ4n) is 8.51. The molecule has 14 nitrogen and oxygen atoms in total. The first-order valence-corrected chi connectivity index (χ1v) is 20.8. The van der Waals surface area contributed by atoms with Gasteiger partial charge in [0, 0.05) is 38.1 Å². The van der Waals surface area contributed by atoms with Crippen molar-refractivity contribution in [3.63, 3.8) is 0 Å². The molecule has 3 aromatic carbocycles. The van der Waals surface area contributed by atoms with E-state index in [0.29, 0.717) is 66.4 Å². The normalized spacial score (nSPS) is 19.6. The number of benzene rings is 3. The number of urea groups is 1.